The minimum absolute atomic E-state index is 0.00351. The molecule has 0 bridgehead atoms. The van der Waals surface area contributed by atoms with Crippen LogP contribution in [0.25, 0.3) is 0 Å². The van der Waals surface area contributed by atoms with Gasteiger partial charge in [0.05, 0.1) is 12.1 Å². The summed E-state index contributed by atoms with van der Waals surface area (Å²) in [5, 5.41) is 2.96. The molecule has 8 heteroatoms. The van der Waals surface area contributed by atoms with Crippen LogP contribution >= 0.6 is 11.6 Å². The lowest BCUT2D eigenvalue weighted by Crippen LogP contribution is -2.32. The zero-order valence-corrected chi connectivity index (χ0v) is 18.2. The van der Waals surface area contributed by atoms with Gasteiger partial charge in [0.15, 0.2) is 5.78 Å². The van der Waals surface area contributed by atoms with Crippen LogP contribution in [0.4, 0.5) is 4.39 Å². The maximum Gasteiger partial charge on any atom is 0.270 e. The first-order valence-electron chi connectivity index (χ1n) is 10.3. The molecule has 1 aromatic carbocycles. The first-order valence-corrected chi connectivity index (χ1v) is 10.7. The van der Waals surface area contributed by atoms with E-state index in [4.69, 9.17) is 21.1 Å². The van der Waals surface area contributed by atoms with E-state index in [2.05, 4.69) is 10.3 Å². The van der Waals surface area contributed by atoms with Gasteiger partial charge in [0, 0.05) is 25.1 Å². The predicted octanol–water partition coefficient (Wildman–Crippen LogP) is 4.46. The van der Waals surface area contributed by atoms with Gasteiger partial charge in [-0.25, -0.2) is 9.37 Å². The molecule has 1 aliphatic rings. The largest absolute Gasteiger partial charge is 0.486 e. The number of ketones is 1. The topological polar surface area (TPSA) is 77.5 Å². The smallest absolute Gasteiger partial charge is 0.270 e. The van der Waals surface area contributed by atoms with E-state index in [0.717, 1.165) is 25.7 Å². The van der Waals surface area contributed by atoms with Crippen LogP contribution in [0.15, 0.2) is 36.4 Å². The fourth-order valence-electron chi connectivity index (χ4n) is 3.73. The summed E-state index contributed by atoms with van der Waals surface area (Å²) < 4.78 is 23.8. The number of methoxy groups -OCH3 is 1. The Morgan fingerprint density at radius 3 is 2.61 bits per heavy atom. The fraction of sp³-hybridized carbons (Fsp3) is 0.435. The lowest BCUT2D eigenvalue weighted by atomic mass is 9.80. The molecule has 0 atom stereocenters. The second kappa shape index (κ2) is 11.1. The summed E-state index contributed by atoms with van der Waals surface area (Å²) in [7, 11) is 1.51. The Morgan fingerprint density at radius 2 is 1.90 bits per heavy atom. The number of aromatic nitrogens is 1. The van der Waals surface area contributed by atoms with E-state index in [0.29, 0.717) is 42.1 Å². The van der Waals surface area contributed by atoms with Gasteiger partial charge in [0.1, 0.15) is 23.9 Å². The Bertz CT molecular complexity index is 916. The van der Waals surface area contributed by atoms with Gasteiger partial charge in [-0.2, -0.15) is 0 Å². The van der Waals surface area contributed by atoms with Gasteiger partial charge in [-0.15, -0.1) is 0 Å². The number of nitrogens with zero attached hydrogens (tertiary/aromatic N) is 1. The van der Waals surface area contributed by atoms with Gasteiger partial charge in [0.25, 0.3) is 5.91 Å². The fourth-order valence-corrected chi connectivity index (χ4v) is 3.85. The van der Waals surface area contributed by atoms with E-state index in [1.807, 2.05) is 0 Å². The van der Waals surface area contributed by atoms with Crippen LogP contribution in [0.3, 0.4) is 0 Å². The maximum absolute atomic E-state index is 13.4. The van der Waals surface area contributed by atoms with Gasteiger partial charge in [0.2, 0.25) is 5.88 Å². The Balaban J connectivity index is 1.35. The van der Waals surface area contributed by atoms with Crippen LogP contribution in [0.1, 0.15) is 42.6 Å². The summed E-state index contributed by atoms with van der Waals surface area (Å²) >= 11 is 5.64. The SMILES string of the molecule is COc1cccc(C(=O)NCC2CCC(CC(=O)COc3ccc(Cl)c(F)c3)CC2)n1. The molecule has 2 aromatic rings. The molecule has 1 aliphatic carbocycles. The summed E-state index contributed by atoms with van der Waals surface area (Å²) in [6.45, 7) is 0.508. The molecule has 0 aliphatic heterocycles. The Morgan fingerprint density at radius 1 is 1.16 bits per heavy atom. The van der Waals surface area contributed by atoms with Gasteiger partial charge in [-0.05, 0) is 55.7 Å². The molecule has 1 saturated carbocycles. The van der Waals surface area contributed by atoms with Crippen LogP contribution < -0.4 is 14.8 Å². The maximum atomic E-state index is 13.4. The van der Waals surface area contributed by atoms with Crippen molar-refractivity contribution in [3.05, 3.63) is 52.9 Å². The molecule has 1 aromatic heterocycles. The zero-order valence-electron chi connectivity index (χ0n) is 17.4. The second-order valence-corrected chi connectivity index (χ2v) is 8.18. The van der Waals surface area contributed by atoms with Crippen LogP contribution in [0, 0.1) is 17.7 Å². The molecule has 0 unspecified atom stereocenters. The van der Waals surface area contributed by atoms with E-state index >= 15 is 0 Å². The highest BCUT2D eigenvalue weighted by Crippen LogP contribution is 2.31. The molecular formula is C23H26ClFN2O4. The van der Waals surface area contributed by atoms with Gasteiger partial charge < -0.3 is 14.8 Å². The second-order valence-electron chi connectivity index (χ2n) is 7.77. The lowest BCUT2D eigenvalue weighted by Gasteiger charge is -2.28. The summed E-state index contributed by atoms with van der Waals surface area (Å²) in [5.41, 5.74) is 0.333. The number of ether oxygens (including phenoxy) is 2. The molecule has 1 heterocycles. The molecule has 0 spiro atoms. The van der Waals surface area contributed by atoms with Crippen LogP contribution in [0.2, 0.25) is 5.02 Å². The van der Waals surface area contributed by atoms with Gasteiger partial charge in [-0.1, -0.05) is 17.7 Å². The van der Waals surface area contributed by atoms with Crippen molar-refractivity contribution in [2.24, 2.45) is 11.8 Å². The predicted molar refractivity (Wildman–Crippen MR) is 115 cm³/mol. The number of benzene rings is 1. The number of rotatable bonds is 9. The Hall–Kier alpha value is -2.67. The van der Waals surface area contributed by atoms with Crippen molar-refractivity contribution in [2.75, 3.05) is 20.3 Å². The zero-order chi connectivity index (χ0) is 22.2. The summed E-state index contributed by atoms with van der Waals surface area (Å²) in [6, 6.07) is 9.20. The molecule has 0 radical (unpaired) electrons. The number of carbonyl (C=O) groups is 2. The van der Waals surface area contributed by atoms with Crippen molar-refractivity contribution in [3.8, 4) is 11.6 Å². The quantitative estimate of drug-likeness (QED) is 0.613. The average Bonchev–Trinajstić information content (AvgIpc) is 2.79. The molecule has 1 fully saturated rings. The van der Waals surface area contributed by atoms with Gasteiger partial charge in [-0.3, -0.25) is 9.59 Å². The van der Waals surface area contributed by atoms with E-state index in [1.54, 1.807) is 24.3 Å². The summed E-state index contributed by atoms with van der Waals surface area (Å²) in [4.78, 5) is 28.6. The lowest BCUT2D eigenvalue weighted by molar-refractivity contribution is -0.122. The van der Waals surface area contributed by atoms with Crippen molar-refractivity contribution in [1.29, 1.82) is 0 Å². The first-order chi connectivity index (χ1) is 14.9. The average molecular weight is 449 g/mol. The minimum atomic E-state index is -0.570. The van der Waals surface area contributed by atoms with Crippen LogP contribution in [0.5, 0.6) is 11.6 Å². The molecule has 166 valence electrons. The monoisotopic (exact) mass is 448 g/mol. The first kappa shape index (κ1) is 23.0. The van der Waals surface area contributed by atoms with Crippen molar-refractivity contribution in [1.82, 2.24) is 10.3 Å². The highest BCUT2D eigenvalue weighted by Gasteiger charge is 2.24. The Labute approximate surface area is 186 Å². The standard InChI is InChI=1S/C23H26ClFN2O4/c1-30-22-4-2-3-21(27-22)23(29)26-13-16-7-5-15(6-8-16)11-17(28)14-31-18-9-10-19(24)20(25)12-18/h2-4,9-10,12,15-16H,5-8,11,13-14H2,1H3,(H,26,29). The van der Waals surface area contributed by atoms with Crippen molar-refractivity contribution >= 4 is 23.3 Å². The highest BCUT2D eigenvalue weighted by molar-refractivity contribution is 6.30. The van der Waals surface area contributed by atoms with Gasteiger partial charge >= 0.3 is 0 Å². The van der Waals surface area contributed by atoms with Crippen LogP contribution in [-0.4, -0.2) is 36.9 Å². The number of Topliss-reactive ketones (excluding diaryl/α,β-unsaturated/α-hetero) is 1. The number of carbonyl (C=O) groups excluding carboxylic acids is 2. The number of amides is 1. The number of halogens is 2. The highest BCUT2D eigenvalue weighted by atomic mass is 35.5. The third-order valence-corrected chi connectivity index (χ3v) is 5.80. The van der Waals surface area contributed by atoms with E-state index < -0.39 is 5.82 Å². The molecule has 6 nitrogen and oxygen atoms in total. The molecule has 31 heavy (non-hydrogen) atoms. The van der Waals surface area contributed by atoms with E-state index in [-0.39, 0.29) is 23.3 Å². The molecule has 1 amide bonds. The molecule has 3 rings (SSSR count). The number of pyridine rings is 1. The molecule has 0 saturated heterocycles. The van der Waals surface area contributed by atoms with E-state index in [1.165, 1.54) is 19.2 Å². The number of hydrogen-bond acceptors (Lipinski definition) is 5. The Kier molecular flexibility index (Phi) is 8.23. The van der Waals surface area contributed by atoms with Crippen molar-refractivity contribution in [2.45, 2.75) is 32.1 Å². The van der Waals surface area contributed by atoms with Crippen molar-refractivity contribution < 1.29 is 23.5 Å². The van der Waals surface area contributed by atoms with E-state index in [9.17, 15) is 14.0 Å². The summed E-state index contributed by atoms with van der Waals surface area (Å²) in [6.07, 6.45) is 4.21. The summed E-state index contributed by atoms with van der Waals surface area (Å²) in [5.74, 6) is 0.602. The molecule has 1 N–H and O–H groups in total. The minimum Gasteiger partial charge on any atom is -0.486 e. The number of hydrogen-bond donors (Lipinski definition) is 1. The normalized spacial score (nSPS) is 18.3. The molecular weight excluding hydrogens is 423 g/mol. The third-order valence-electron chi connectivity index (χ3n) is 5.49. The van der Waals surface area contributed by atoms with Crippen LogP contribution in [-0.2, 0) is 4.79 Å². The third kappa shape index (κ3) is 6.92. The number of nitrogens with one attached hydrogen (secondary N) is 1. The van der Waals surface area contributed by atoms with Crippen molar-refractivity contribution in [3.63, 3.8) is 0 Å².